The molecule has 0 fully saturated rings. The summed E-state index contributed by atoms with van der Waals surface area (Å²) in [6.45, 7) is 3.63. The van der Waals surface area contributed by atoms with Crippen molar-refractivity contribution in [2.45, 2.75) is 19.9 Å². The number of rotatable bonds is 3. The van der Waals surface area contributed by atoms with E-state index in [4.69, 9.17) is 10.2 Å². The van der Waals surface area contributed by atoms with Crippen molar-refractivity contribution in [3.05, 3.63) is 34.7 Å². The van der Waals surface area contributed by atoms with Crippen molar-refractivity contribution >= 4 is 22.4 Å². The molecule has 2 aromatic heterocycles. The van der Waals surface area contributed by atoms with E-state index in [1.807, 2.05) is 12.3 Å². The molecule has 0 saturated carbocycles. The number of thiazole rings is 1. The first-order chi connectivity index (χ1) is 8.06. The van der Waals surface area contributed by atoms with Crippen LogP contribution in [0.4, 0.5) is 5.13 Å². The van der Waals surface area contributed by atoms with E-state index in [9.17, 15) is 4.79 Å². The third kappa shape index (κ3) is 2.72. The van der Waals surface area contributed by atoms with Crippen molar-refractivity contribution in [1.82, 2.24) is 4.98 Å². The zero-order valence-electron chi connectivity index (χ0n) is 9.56. The minimum atomic E-state index is -0.302. The Morgan fingerprint density at radius 2 is 2.35 bits per heavy atom. The van der Waals surface area contributed by atoms with Gasteiger partial charge < -0.3 is 10.2 Å². The van der Waals surface area contributed by atoms with Gasteiger partial charge in [-0.15, -0.1) is 11.3 Å². The second kappa shape index (κ2) is 4.68. The molecule has 3 N–H and O–H groups in total. The molecule has 90 valence electrons. The van der Waals surface area contributed by atoms with E-state index in [0.29, 0.717) is 10.9 Å². The van der Waals surface area contributed by atoms with Gasteiger partial charge in [-0.25, -0.2) is 4.98 Å². The summed E-state index contributed by atoms with van der Waals surface area (Å²) in [6.07, 6.45) is 0. The molecule has 5 nitrogen and oxygen atoms in total. The summed E-state index contributed by atoms with van der Waals surface area (Å²) in [5.74, 6) is 0.675. The molecule has 0 radical (unpaired) electrons. The lowest BCUT2D eigenvalue weighted by atomic mass is 10.3. The molecular formula is C11H13N3O2S. The predicted molar refractivity (Wildman–Crippen MR) is 66.1 cm³/mol. The van der Waals surface area contributed by atoms with Gasteiger partial charge in [0.1, 0.15) is 5.76 Å². The van der Waals surface area contributed by atoms with Crippen LogP contribution in [0.25, 0.3) is 0 Å². The molecule has 17 heavy (non-hydrogen) atoms. The molecule has 1 unspecified atom stereocenters. The number of aryl methyl sites for hydroxylation is 1. The van der Waals surface area contributed by atoms with Gasteiger partial charge in [-0.2, -0.15) is 0 Å². The van der Waals surface area contributed by atoms with Crippen molar-refractivity contribution in [3.8, 4) is 0 Å². The van der Waals surface area contributed by atoms with Crippen LogP contribution in [0.3, 0.4) is 0 Å². The molecule has 1 atom stereocenters. The average Bonchev–Trinajstić information content (AvgIpc) is 2.86. The summed E-state index contributed by atoms with van der Waals surface area (Å²) in [4.78, 5) is 15.9. The minimum absolute atomic E-state index is 0.136. The van der Waals surface area contributed by atoms with E-state index in [1.54, 1.807) is 19.1 Å². The van der Waals surface area contributed by atoms with Crippen LogP contribution in [0.5, 0.6) is 0 Å². The highest BCUT2D eigenvalue weighted by atomic mass is 32.1. The van der Waals surface area contributed by atoms with Gasteiger partial charge in [-0.1, -0.05) is 0 Å². The highest BCUT2D eigenvalue weighted by molar-refractivity contribution is 7.14. The summed E-state index contributed by atoms with van der Waals surface area (Å²) < 4.78 is 5.21. The summed E-state index contributed by atoms with van der Waals surface area (Å²) in [5, 5.41) is 5.02. The quantitative estimate of drug-likeness (QED) is 0.877. The number of amides is 1. The van der Waals surface area contributed by atoms with Crippen molar-refractivity contribution in [1.29, 1.82) is 0 Å². The standard InChI is InChI=1S/C11H13N3O2S/c1-6-3-4-9(16-6)10(15)14-11-13-8(5-17-11)7(2)12/h3-5,7H,12H2,1-2H3,(H,13,14,15). The first-order valence-corrected chi connectivity index (χ1v) is 6.03. The first kappa shape index (κ1) is 11.8. The lowest BCUT2D eigenvalue weighted by Crippen LogP contribution is -2.11. The number of nitrogens with two attached hydrogens (primary N) is 1. The summed E-state index contributed by atoms with van der Waals surface area (Å²) in [5.41, 5.74) is 6.45. The summed E-state index contributed by atoms with van der Waals surface area (Å²) in [6, 6.07) is 3.23. The Labute approximate surface area is 103 Å². The molecule has 2 aromatic rings. The molecule has 0 aliphatic carbocycles. The van der Waals surface area contributed by atoms with Crippen molar-refractivity contribution < 1.29 is 9.21 Å². The monoisotopic (exact) mass is 251 g/mol. The van der Waals surface area contributed by atoms with Gasteiger partial charge in [0, 0.05) is 11.4 Å². The number of hydrogen-bond acceptors (Lipinski definition) is 5. The molecule has 2 heterocycles. The van der Waals surface area contributed by atoms with Gasteiger partial charge in [0.05, 0.1) is 5.69 Å². The number of carbonyl (C=O) groups excluding carboxylic acids is 1. The fourth-order valence-electron chi connectivity index (χ4n) is 1.27. The molecular weight excluding hydrogens is 238 g/mol. The number of nitrogens with one attached hydrogen (secondary N) is 1. The number of aromatic nitrogens is 1. The normalized spacial score (nSPS) is 12.4. The topological polar surface area (TPSA) is 81.2 Å². The zero-order valence-corrected chi connectivity index (χ0v) is 10.4. The number of nitrogens with zero attached hydrogens (tertiary/aromatic N) is 1. The SMILES string of the molecule is Cc1ccc(C(=O)Nc2nc(C(C)N)cs2)o1. The van der Waals surface area contributed by atoms with Gasteiger partial charge in [-0.05, 0) is 26.0 Å². The zero-order chi connectivity index (χ0) is 12.4. The van der Waals surface area contributed by atoms with E-state index >= 15 is 0 Å². The second-order valence-electron chi connectivity index (χ2n) is 3.73. The van der Waals surface area contributed by atoms with Crippen molar-refractivity contribution in [3.63, 3.8) is 0 Å². The lowest BCUT2D eigenvalue weighted by molar-refractivity contribution is 0.0995. The fraction of sp³-hybridized carbons (Fsp3) is 0.273. The molecule has 0 aliphatic rings. The Morgan fingerprint density at radius 3 is 2.88 bits per heavy atom. The fourth-order valence-corrected chi connectivity index (χ4v) is 2.08. The molecule has 0 aliphatic heterocycles. The summed E-state index contributed by atoms with van der Waals surface area (Å²) in [7, 11) is 0. The number of carbonyl (C=O) groups is 1. The Balaban J connectivity index is 2.07. The molecule has 0 aromatic carbocycles. The van der Waals surface area contributed by atoms with Crippen LogP contribution in [0, 0.1) is 6.92 Å². The van der Waals surface area contributed by atoms with Crippen LogP contribution in [-0.4, -0.2) is 10.9 Å². The van der Waals surface area contributed by atoms with Crippen molar-refractivity contribution in [2.24, 2.45) is 5.73 Å². The van der Waals surface area contributed by atoms with Gasteiger partial charge >= 0.3 is 0 Å². The molecule has 2 rings (SSSR count). The number of furan rings is 1. The predicted octanol–water partition coefficient (Wildman–Crippen LogP) is 2.32. The van der Waals surface area contributed by atoms with Crippen LogP contribution in [0.15, 0.2) is 21.9 Å². The Morgan fingerprint density at radius 1 is 1.59 bits per heavy atom. The molecule has 6 heteroatoms. The molecule has 0 spiro atoms. The van der Waals surface area contributed by atoms with Crippen LogP contribution >= 0.6 is 11.3 Å². The van der Waals surface area contributed by atoms with Crippen LogP contribution in [0.1, 0.15) is 35.0 Å². The molecule has 1 amide bonds. The van der Waals surface area contributed by atoms with Gasteiger partial charge in [0.2, 0.25) is 0 Å². The maximum absolute atomic E-state index is 11.7. The van der Waals surface area contributed by atoms with Gasteiger partial charge in [0.25, 0.3) is 5.91 Å². The third-order valence-corrected chi connectivity index (χ3v) is 2.95. The van der Waals surface area contributed by atoms with Crippen LogP contribution < -0.4 is 11.1 Å². The third-order valence-electron chi connectivity index (χ3n) is 2.17. The second-order valence-corrected chi connectivity index (χ2v) is 4.59. The molecule has 0 saturated heterocycles. The molecule has 0 bridgehead atoms. The van der Waals surface area contributed by atoms with E-state index in [2.05, 4.69) is 10.3 Å². The smallest absolute Gasteiger partial charge is 0.293 e. The maximum Gasteiger partial charge on any atom is 0.293 e. The average molecular weight is 251 g/mol. The maximum atomic E-state index is 11.7. The largest absolute Gasteiger partial charge is 0.456 e. The van der Waals surface area contributed by atoms with E-state index in [-0.39, 0.29) is 17.7 Å². The highest BCUT2D eigenvalue weighted by Gasteiger charge is 2.13. The van der Waals surface area contributed by atoms with Crippen molar-refractivity contribution in [2.75, 3.05) is 5.32 Å². The number of hydrogen-bond donors (Lipinski definition) is 2. The Hall–Kier alpha value is -1.66. The van der Waals surface area contributed by atoms with Crippen LogP contribution in [0.2, 0.25) is 0 Å². The van der Waals surface area contributed by atoms with Crippen LogP contribution in [-0.2, 0) is 0 Å². The van der Waals surface area contributed by atoms with Gasteiger partial charge in [-0.3, -0.25) is 10.1 Å². The first-order valence-electron chi connectivity index (χ1n) is 5.15. The van der Waals surface area contributed by atoms with E-state index < -0.39 is 0 Å². The van der Waals surface area contributed by atoms with E-state index in [1.165, 1.54) is 11.3 Å². The minimum Gasteiger partial charge on any atom is -0.456 e. The van der Waals surface area contributed by atoms with E-state index in [0.717, 1.165) is 5.69 Å². The Bertz CT molecular complexity index is 530. The Kier molecular flexibility index (Phi) is 3.26. The lowest BCUT2D eigenvalue weighted by Gasteiger charge is -1.99. The number of anilines is 1. The summed E-state index contributed by atoms with van der Waals surface area (Å²) >= 11 is 1.34. The van der Waals surface area contributed by atoms with Gasteiger partial charge in [0.15, 0.2) is 10.9 Å². The highest BCUT2D eigenvalue weighted by Crippen LogP contribution is 2.20.